The number of halogens is 1. The summed E-state index contributed by atoms with van der Waals surface area (Å²) in [6, 6.07) is 9.09. The van der Waals surface area contributed by atoms with E-state index in [1.807, 2.05) is 35.4 Å². The zero-order valence-corrected chi connectivity index (χ0v) is 27.3. The van der Waals surface area contributed by atoms with Crippen molar-refractivity contribution in [2.75, 3.05) is 44.7 Å². The Balaban J connectivity index is 1.31. The predicted molar refractivity (Wildman–Crippen MR) is 167 cm³/mol. The maximum atomic E-state index is 13.3. The molecular weight excluding hydrogens is 658 g/mol. The van der Waals surface area contributed by atoms with Gasteiger partial charge in [-0.15, -0.1) is 0 Å². The average molecular weight is 692 g/mol. The number of likely N-dealkylation sites (tertiary alicyclic amines) is 1. The zero-order valence-electron chi connectivity index (χ0n) is 24.0. The van der Waals surface area contributed by atoms with Crippen LogP contribution in [0.3, 0.4) is 0 Å². The van der Waals surface area contributed by atoms with Crippen LogP contribution in [0.25, 0.3) is 28.2 Å². The quantitative estimate of drug-likeness (QED) is 0.265. The Morgan fingerprint density at radius 2 is 1.98 bits per heavy atom. The fraction of sp³-hybridized carbons (Fsp3) is 0.429. The van der Waals surface area contributed by atoms with Gasteiger partial charge in [0, 0.05) is 61.1 Å². The highest BCUT2D eigenvalue weighted by Gasteiger charge is 2.29. The third-order valence-corrected chi connectivity index (χ3v) is 11.6. The number of rotatable bonds is 8. The van der Waals surface area contributed by atoms with Crippen LogP contribution >= 0.6 is 15.9 Å². The molecular formula is C28H33BrN7O5S2-. The molecule has 1 aromatic carbocycles. The SMILES string of the molecule is Cc1cc(-c2nc3ncc(Br)c(N[C@H]4CCN([C@H](C)S(=O)[O-])C4)c3[nH]2)c(C)n1-c1cccc(S(=O)(=O)N2CCOCC2)c1. The Morgan fingerprint density at radius 1 is 1.21 bits per heavy atom. The number of nitrogens with one attached hydrogen (secondary N) is 2. The van der Waals surface area contributed by atoms with E-state index in [-0.39, 0.29) is 10.9 Å². The van der Waals surface area contributed by atoms with Gasteiger partial charge >= 0.3 is 0 Å². The van der Waals surface area contributed by atoms with E-state index >= 15 is 0 Å². The Kier molecular flexibility index (Phi) is 8.49. The number of aryl methyl sites for hydroxylation is 1. The summed E-state index contributed by atoms with van der Waals surface area (Å²) >= 11 is 1.47. The second-order valence-corrected chi connectivity index (χ2v) is 14.9. The molecule has 6 rings (SSSR count). The molecule has 0 aliphatic carbocycles. The second kappa shape index (κ2) is 12.0. The van der Waals surface area contributed by atoms with Crippen LogP contribution in [0.15, 0.2) is 45.9 Å². The minimum Gasteiger partial charge on any atom is -0.771 e. The first-order valence-electron chi connectivity index (χ1n) is 14.0. The highest BCUT2D eigenvalue weighted by molar-refractivity contribution is 9.10. The number of ether oxygens (including phenoxy) is 1. The number of hydrogen-bond donors (Lipinski definition) is 2. The van der Waals surface area contributed by atoms with Gasteiger partial charge in [-0.2, -0.15) is 4.31 Å². The van der Waals surface area contributed by atoms with Gasteiger partial charge in [0.1, 0.15) is 11.3 Å². The van der Waals surface area contributed by atoms with Gasteiger partial charge in [0.05, 0.1) is 33.6 Å². The van der Waals surface area contributed by atoms with Crippen LogP contribution in [0.1, 0.15) is 24.7 Å². The van der Waals surface area contributed by atoms with Gasteiger partial charge in [-0.1, -0.05) is 6.07 Å². The van der Waals surface area contributed by atoms with E-state index in [0.717, 1.165) is 44.7 Å². The average Bonchev–Trinajstić information content (AvgIpc) is 3.72. The molecule has 2 aliphatic heterocycles. The topological polar surface area (TPSA) is 149 Å². The van der Waals surface area contributed by atoms with E-state index in [0.29, 0.717) is 50.9 Å². The summed E-state index contributed by atoms with van der Waals surface area (Å²) in [7, 11) is -3.64. The van der Waals surface area contributed by atoms with E-state index < -0.39 is 26.5 Å². The molecule has 12 nitrogen and oxygen atoms in total. The molecule has 3 aromatic heterocycles. The van der Waals surface area contributed by atoms with Crippen molar-refractivity contribution >= 4 is 53.9 Å². The number of aromatic nitrogens is 4. The third-order valence-electron chi connectivity index (χ3n) is 8.20. The molecule has 0 saturated carbocycles. The smallest absolute Gasteiger partial charge is 0.243 e. The van der Waals surface area contributed by atoms with Crippen LogP contribution in [0.4, 0.5) is 5.69 Å². The second-order valence-electron chi connectivity index (χ2n) is 10.9. The number of benzene rings is 1. The molecule has 15 heteroatoms. The minimum atomic E-state index is -3.64. The Hall–Kier alpha value is -2.66. The molecule has 4 aromatic rings. The van der Waals surface area contributed by atoms with Crippen molar-refractivity contribution in [3.8, 4) is 17.1 Å². The largest absolute Gasteiger partial charge is 0.771 e. The van der Waals surface area contributed by atoms with Crippen molar-refractivity contribution in [1.29, 1.82) is 0 Å². The van der Waals surface area contributed by atoms with E-state index in [2.05, 4.69) is 31.2 Å². The molecule has 3 atom stereocenters. The van der Waals surface area contributed by atoms with Crippen LogP contribution in [0.5, 0.6) is 0 Å². The van der Waals surface area contributed by atoms with E-state index in [1.165, 1.54) is 4.31 Å². The molecule has 230 valence electrons. The molecule has 2 N–H and O–H groups in total. The fourth-order valence-corrected chi connectivity index (χ4v) is 8.18. The first-order valence-corrected chi connectivity index (χ1v) is 17.4. The lowest BCUT2D eigenvalue weighted by molar-refractivity contribution is 0.0730. The molecule has 1 unspecified atom stereocenters. The van der Waals surface area contributed by atoms with Crippen LogP contribution in [0.2, 0.25) is 0 Å². The molecule has 2 fully saturated rings. The third kappa shape index (κ3) is 5.79. The molecule has 5 heterocycles. The summed E-state index contributed by atoms with van der Waals surface area (Å²) in [5.74, 6) is 0.642. The monoisotopic (exact) mass is 690 g/mol. The number of anilines is 1. The number of sulfonamides is 1. The van der Waals surface area contributed by atoms with Gasteiger partial charge in [-0.05, 0) is 78.5 Å². The lowest BCUT2D eigenvalue weighted by Gasteiger charge is -2.26. The van der Waals surface area contributed by atoms with E-state index in [9.17, 15) is 17.2 Å². The Morgan fingerprint density at radius 3 is 2.72 bits per heavy atom. The highest BCUT2D eigenvalue weighted by atomic mass is 79.9. The summed E-state index contributed by atoms with van der Waals surface area (Å²) < 4.78 is 59.2. The minimum absolute atomic E-state index is 0.0609. The maximum Gasteiger partial charge on any atom is 0.243 e. The fourth-order valence-electron chi connectivity index (χ4n) is 5.88. The lowest BCUT2D eigenvalue weighted by Crippen LogP contribution is -2.40. The van der Waals surface area contributed by atoms with E-state index in [1.54, 1.807) is 31.3 Å². The number of H-pyrrole nitrogens is 1. The molecule has 2 aliphatic rings. The van der Waals surface area contributed by atoms with Crippen LogP contribution in [-0.4, -0.2) is 96.7 Å². The summed E-state index contributed by atoms with van der Waals surface area (Å²) in [5.41, 5.74) is 5.56. The molecule has 43 heavy (non-hydrogen) atoms. The Labute approximate surface area is 261 Å². The molecule has 0 spiro atoms. The normalized spacial score (nSPS) is 20.1. The van der Waals surface area contributed by atoms with Gasteiger partial charge in [0.2, 0.25) is 10.0 Å². The number of hydrogen-bond acceptors (Lipinski definition) is 9. The summed E-state index contributed by atoms with van der Waals surface area (Å²) in [5, 5.41) is 3.03. The first kappa shape index (κ1) is 30.4. The number of fused-ring (bicyclic) bond motifs is 1. The van der Waals surface area contributed by atoms with Gasteiger partial charge in [-0.3, -0.25) is 9.11 Å². The zero-order chi connectivity index (χ0) is 30.5. The van der Waals surface area contributed by atoms with Crippen molar-refractivity contribution in [3.63, 3.8) is 0 Å². The summed E-state index contributed by atoms with van der Waals surface area (Å²) in [4.78, 5) is 15.0. The standard InChI is InChI=1S/C28H34BrN7O5S2/c1-17-13-23(18(2)36(17)21-5-4-6-22(14-21)43(39,40)35-9-11-41-12-10-35)27-32-26-25(24(29)15-30-28(26)33-27)31-20-7-8-34(16-20)19(3)42(37)38/h4-6,13-15,19-20H,7-12,16H2,1-3H3,(H,37,38)(H2,30,31,32,33)/p-1/t19-,20-/m0/s1. The first-order chi connectivity index (χ1) is 20.5. The Bertz CT molecular complexity index is 1800. The van der Waals surface area contributed by atoms with Crippen molar-refractivity contribution < 1.29 is 21.9 Å². The number of aromatic amines is 1. The van der Waals surface area contributed by atoms with Crippen LogP contribution in [0, 0.1) is 13.8 Å². The number of morpholine rings is 1. The number of pyridine rings is 1. The van der Waals surface area contributed by atoms with Crippen molar-refractivity contribution in [3.05, 3.63) is 52.4 Å². The van der Waals surface area contributed by atoms with Crippen molar-refractivity contribution in [2.45, 2.75) is 43.5 Å². The van der Waals surface area contributed by atoms with Crippen molar-refractivity contribution in [2.24, 2.45) is 0 Å². The number of nitrogens with zero attached hydrogens (tertiary/aromatic N) is 5. The molecule has 0 amide bonds. The van der Waals surface area contributed by atoms with Crippen LogP contribution < -0.4 is 5.32 Å². The predicted octanol–water partition coefficient (Wildman–Crippen LogP) is 3.53. The van der Waals surface area contributed by atoms with Gasteiger partial charge < -0.3 is 24.2 Å². The summed E-state index contributed by atoms with van der Waals surface area (Å²) in [6.45, 7) is 8.40. The van der Waals surface area contributed by atoms with Gasteiger partial charge in [-0.25, -0.2) is 18.4 Å². The van der Waals surface area contributed by atoms with Crippen LogP contribution in [-0.2, 0) is 25.8 Å². The molecule has 2 saturated heterocycles. The van der Waals surface area contributed by atoms with Crippen molar-refractivity contribution in [1.82, 2.24) is 28.7 Å². The lowest BCUT2D eigenvalue weighted by atomic mass is 10.2. The van der Waals surface area contributed by atoms with Gasteiger partial charge in [0.25, 0.3) is 0 Å². The maximum absolute atomic E-state index is 13.3. The molecule has 0 radical (unpaired) electrons. The van der Waals surface area contributed by atoms with E-state index in [4.69, 9.17) is 9.72 Å². The number of imidazole rings is 1. The molecule has 0 bridgehead atoms. The van der Waals surface area contributed by atoms with Gasteiger partial charge in [0.15, 0.2) is 5.65 Å². The summed E-state index contributed by atoms with van der Waals surface area (Å²) in [6.07, 6.45) is 2.52. The highest BCUT2D eigenvalue weighted by Crippen LogP contribution is 2.35.